The molecule has 0 amide bonds. The maximum absolute atomic E-state index is 10.3. The molecule has 4 heteroatoms. The number of ether oxygens (including phenoxy) is 1. The summed E-state index contributed by atoms with van der Waals surface area (Å²) in [6.45, 7) is 2.41. The number of fused-ring (bicyclic) bond motifs is 1. The third-order valence-electron chi connectivity index (χ3n) is 5.62. The highest BCUT2D eigenvalue weighted by atomic mass is 16.5. The molecule has 2 aliphatic rings. The maximum atomic E-state index is 10.3. The first-order valence-electron chi connectivity index (χ1n) is 9.37. The van der Waals surface area contributed by atoms with Crippen LogP contribution in [-0.4, -0.2) is 24.2 Å². The van der Waals surface area contributed by atoms with E-state index in [4.69, 9.17) is 4.74 Å². The topological polar surface area (TPSA) is 53.8 Å². The Morgan fingerprint density at radius 3 is 2.88 bits per heavy atom. The van der Waals surface area contributed by atoms with Crippen molar-refractivity contribution in [1.29, 1.82) is 0 Å². The molecule has 1 heterocycles. The summed E-state index contributed by atoms with van der Waals surface area (Å²) in [4.78, 5) is 4.64. The zero-order valence-corrected chi connectivity index (χ0v) is 14.9. The van der Waals surface area contributed by atoms with Gasteiger partial charge < -0.3 is 15.2 Å². The lowest BCUT2D eigenvalue weighted by Gasteiger charge is -2.23. The molecule has 3 atom stereocenters. The summed E-state index contributed by atoms with van der Waals surface area (Å²) in [6.07, 6.45) is 9.45. The van der Waals surface area contributed by atoms with Gasteiger partial charge in [-0.1, -0.05) is 45.4 Å². The molecule has 0 spiro atoms. The van der Waals surface area contributed by atoms with Crippen LogP contribution < -0.4 is 10.1 Å². The van der Waals surface area contributed by atoms with Crippen molar-refractivity contribution in [2.45, 2.75) is 64.5 Å². The van der Waals surface area contributed by atoms with Gasteiger partial charge in [-0.3, -0.25) is 4.99 Å². The van der Waals surface area contributed by atoms with Gasteiger partial charge in [-0.15, -0.1) is 0 Å². The van der Waals surface area contributed by atoms with Gasteiger partial charge in [0.1, 0.15) is 5.75 Å². The summed E-state index contributed by atoms with van der Waals surface area (Å²) >= 11 is 0. The van der Waals surface area contributed by atoms with E-state index in [1.54, 1.807) is 7.11 Å². The number of anilines is 1. The average molecular weight is 330 g/mol. The second-order valence-corrected chi connectivity index (χ2v) is 7.30. The van der Waals surface area contributed by atoms with E-state index in [9.17, 15) is 5.11 Å². The van der Waals surface area contributed by atoms with Gasteiger partial charge in [-0.05, 0) is 36.8 Å². The van der Waals surface area contributed by atoms with Crippen molar-refractivity contribution in [3.63, 3.8) is 0 Å². The van der Waals surface area contributed by atoms with Gasteiger partial charge in [0.2, 0.25) is 0 Å². The third kappa shape index (κ3) is 4.10. The highest BCUT2D eigenvalue weighted by Crippen LogP contribution is 2.35. The lowest BCUT2D eigenvalue weighted by Crippen LogP contribution is -2.31. The number of methoxy groups -OCH3 is 1. The molecule has 3 rings (SSSR count). The Kier molecular flexibility index (Phi) is 5.77. The van der Waals surface area contributed by atoms with E-state index >= 15 is 0 Å². The van der Waals surface area contributed by atoms with Crippen LogP contribution in [0.4, 0.5) is 11.4 Å². The Labute approximate surface area is 145 Å². The monoisotopic (exact) mass is 330 g/mol. The summed E-state index contributed by atoms with van der Waals surface area (Å²) in [5.74, 6) is 2.65. The molecular weight excluding hydrogens is 300 g/mol. The number of rotatable bonds is 7. The first-order valence-corrected chi connectivity index (χ1v) is 9.37. The number of aliphatic imine (C=N–C) groups is 1. The van der Waals surface area contributed by atoms with Crippen molar-refractivity contribution in [2.24, 2.45) is 16.8 Å². The van der Waals surface area contributed by atoms with Crippen LogP contribution in [0.5, 0.6) is 5.75 Å². The van der Waals surface area contributed by atoms with E-state index in [-0.39, 0.29) is 0 Å². The van der Waals surface area contributed by atoms with Crippen LogP contribution in [0.25, 0.3) is 0 Å². The lowest BCUT2D eigenvalue weighted by molar-refractivity contribution is 0.266. The summed E-state index contributed by atoms with van der Waals surface area (Å²) in [6, 6.07) is 5.72. The number of benzene rings is 1. The predicted octanol–water partition coefficient (Wildman–Crippen LogP) is 4.90. The SMILES string of the molecule is COc1ccc2c(c1)NC(O)C(CCCCC[C@@H]1CCCC1C)=N2. The Hall–Kier alpha value is -1.55. The van der Waals surface area contributed by atoms with Crippen molar-refractivity contribution in [3.05, 3.63) is 18.2 Å². The maximum Gasteiger partial charge on any atom is 0.164 e. The molecule has 132 valence electrons. The van der Waals surface area contributed by atoms with Crippen LogP contribution in [0.1, 0.15) is 58.3 Å². The van der Waals surface area contributed by atoms with Crippen molar-refractivity contribution in [2.75, 3.05) is 12.4 Å². The number of nitrogens with zero attached hydrogens (tertiary/aromatic N) is 1. The first kappa shape index (κ1) is 17.3. The van der Waals surface area contributed by atoms with E-state index < -0.39 is 6.23 Å². The lowest BCUT2D eigenvalue weighted by atomic mass is 9.92. The summed E-state index contributed by atoms with van der Waals surface area (Å²) < 4.78 is 5.21. The van der Waals surface area contributed by atoms with Crippen molar-refractivity contribution < 1.29 is 9.84 Å². The highest BCUT2D eigenvalue weighted by molar-refractivity contribution is 5.97. The molecule has 2 unspecified atom stereocenters. The average Bonchev–Trinajstić information content (AvgIpc) is 2.99. The van der Waals surface area contributed by atoms with Gasteiger partial charge in [0.25, 0.3) is 0 Å². The molecule has 2 N–H and O–H groups in total. The van der Waals surface area contributed by atoms with Crippen LogP contribution in [0, 0.1) is 11.8 Å². The zero-order valence-electron chi connectivity index (χ0n) is 14.9. The smallest absolute Gasteiger partial charge is 0.164 e. The van der Waals surface area contributed by atoms with Gasteiger partial charge in [0.05, 0.1) is 24.2 Å². The van der Waals surface area contributed by atoms with Crippen molar-refractivity contribution in [1.82, 2.24) is 0 Å². The van der Waals surface area contributed by atoms with E-state index in [1.165, 1.54) is 38.5 Å². The van der Waals surface area contributed by atoms with E-state index in [1.807, 2.05) is 18.2 Å². The summed E-state index contributed by atoms with van der Waals surface area (Å²) in [5.41, 5.74) is 2.57. The quantitative estimate of drug-likeness (QED) is 0.699. The number of nitrogens with one attached hydrogen (secondary N) is 1. The molecule has 1 aromatic rings. The first-order chi connectivity index (χ1) is 11.7. The van der Waals surface area contributed by atoms with E-state index in [0.29, 0.717) is 0 Å². The number of hydrogen-bond acceptors (Lipinski definition) is 4. The van der Waals surface area contributed by atoms with E-state index in [0.717, 1.165) is 47.5 Å². The van der Waals surface area contributed by atoms with Crippen molar-refractivity contribution in [3.8, 4) is 5.75 Å². The Bertz CT molecular complexity index is 585. The molecule has 0 saturated heterocycles. The molecular formula is C20H30N2O2. The molecule has 24 heavy (non-hydrogen) atoms. The molecule has 0 aromatic heterocycles. The van der Waals surface area contributed by atoms with Gasteiger partial charge >= 0.3 is 0 Å². The standard InChI is InChI=1S/C20H30N2O2/c1-14-7-6-9-15(14)8-4-3-5-10-18-20(23)22-19-13-16(24-2)11-12-17(19)21-18/h11-15,20,22-23H,3-10H2,1-2H3/t14?,15-,20?/m1/s1. The minimum Gasteiger partial charge on any atom is -0.497 e. The van der Waals surface area contributed by atoms with Gasteiger partial charge in [-0.2, -0.15) is 0 Å². The van der Waals surface area contributed by atoms with Crippen LogP contribution in [0.3, 0.4) is 0 Å². The Balaban J connectivity index is 1.47. The Morgan fingerprint density at radius 1 is 1.25 bits per heavy atom. The number of aliphatic hydroxyl groups excluding tert-OH is 1. The number of hydrogen-bond donors (Lipinski definition) is 2. The van der Waals surface area contributed by atoms with Gasteiger partial charge in [0.15, 0.2) is 6.23 Å². The molecule has 1 saturated carbocycles. The molecule has 1 aliphatic heterocycles. The molecule has 0 bridgehead atoms. The van der Waals surface area contributed by atoms with Gasteiger partial charge in [0, 0.05) is 6.07 Å². The van der Waals surface area contributed by atoms with E-state index in [2.05, 4.69) is 17.2 Å². The minimum absolute atomic E-state index is 0.681. The summed E-state index contributed by atoms with van der Waals surface area (Å²) in [7, 11) is 1.64. The van der Waals surface area contributed by atoms with Gasteiger partial charge in [-0.25, -0.2) is 0 Å². The molecule has 0 radical (unpaired) electrons. The second-order valence-electron chi connectivity index (χ2n) is 7.30. The molecule has 1 aromatic carbocycles. The van der Waals surface area contributed by atoms with Crippen LogP contribution >= 0.6 is 0 Å². The Morgan fingerprint density at radius 2 is 2.12 bits per heavy atom. The predicted molar refractivity (Wildman–Crippen MR) is 99.3 cm³/mol. The van der Waals surface area contributed by atoms with Crippen molar-refractivity contribution >= 4 is 17.1 Å². The normalized spacial score (nSPS) is 25.8. The molecule has 1 fully saturated rings. The van der Waals surface area contributed by atoms with Crippen LogP contribution in [0.2, 0.25) is 0 Å². The fourth-order valence-electron chi connectivity index (χ4n) is 4.03. The number of unbranched alkanes of at least 4 members (excludes halogenated alkanes) is 2. The fourth-order valence-corrected chi connectivity index (χ4v) is 4.03. The second kappa shape index (κ2) is 8.02. The molecule has 4 nitrogen and oxygen atoms in total. The fraction of sp³-hybridized carbons (Fsp3) is 0.650. The number of aliphatic hydroxyl groups is 1. The largest absolute Gasteiger partial charge is 0.497 e. The zero-order chi connectivity index (χ0) is 16.9. The third-order valence-corrected chi connectivity index (χ3v) is 5.62. The summed E-state index contributed by atoms with van der Waals surface area (Å²) in [5, 5.41) is 13.4. The van der Waals surface area contributed by atoms with Crippen LogP contribution in [-0.2, 0) is 0 Å². The molecule has 1 aliphatic carbocycles. The highest BCUT2D eigenvalue weighted by Gasteiger charge is 2.23. The van der Waals surface area contributed by atoms with Crippen LogP contribution in [0.15, 0.2) is 23.2 Å². The minimum atomic E-state index is -0.681.